The molecule has 0 radical (unpaired) electrons. The number of nitrogens with one attached hydrogen (secondary N) is 1. The topological polar surface area (TPSA) is 54.7 Å². The smallest absolute Gasteiger partial charge is 0.109 e. The molecule has 1 aromatic heterocycles. The van der Waals surface area contributed by atoms with Crippen LogP contribution in [-0.4, -0.2) is 15.5 Å². The first-order valence-electron chi connectivity index (χ1n) is 6.39. The molecule has 0 unspecified atom stereocenters. The molecular weight excluding hydrogens is 210 g/mol. The number of aryl methyl sites for hydroxylation is 1. The van der Waals surface area contributed by atoms with Gasteiger partial charge in [0.1, 0.15) is 5.82 Å². The Balaban J connectivity index is 1.93. The maximum atomic E-state index is 6.39. The zero-order valence-corrected chi connectivity index (χ0v) is 10.3. The van der Waals surface area contributed by atoms with Crippen molar-refractivity contribution in [1.29, 1.82) is 0 Å². The number of rotatable bonds is 2. The highest BCUT2D eigenvalue weighted by atomic mass is 14.9. The summed E-state index contributed by atoms with van der Waals surface area (Å²) in [6.45, 7) is 2.10. The molecule has 1 heterocycles. The van der Waals surface area contributed by atoms with E-state index in [9.17, 15) is 0 Å². The standard InChI is InChI=1S/C14H19N3/c1-10-5-4-6-11-13(10)17-12(16-11)9-14(15)7-2-3-8-14/h4-6H,2-3,7-9,15H2,1H3,(H,16,17). The minimum atomic E-state index is -0.0260. The van der Waals surface area contributed by atoms with E-state index in [0.29, 0.717) is 0 Å². The molecule has 1 saturated carbocycles. The van der Waals surface area contributed by atoms with Crippen LogP contribution in [0, 0.1) is 6.92 Å². The van der Waals surface area contributed by atoms with Gasteiger partial charge in [-0.1, -0.05) is 25.0 Å². The van der Waals surface area contributed by atoms with Gasteiger partial charge in [0.25, 0.3) is 0 Å². The van der Waals surface area contributed by atoms with Crippen LogP contribution < -0.4 is 5.73 Å². The van der Waals surface area contributed by atoms with Crippen molar-refractivity contribution in [2.75, 3.05) is 0 Å². The van der Waals surface area contributed by atoms with Crippen LogP contribution in [0.2, 0.25) is 0 Å². The first-order valence-corrected chi connectivity index (χ1v) is 6.39. The number of hydrogen-bond acceptors (Lipinski definition) is 2. The molecule has 1 aliphatic rings. The number of aromatic nitrogens is 2. The molecule has 0 amide bonds. The first-order chi connectivity index (χ1) is 8.16. The number of nitrogens with zero attached hydrogens (tertiary/aromatic N) is 1. The van der Waals surface area contributed by atoms with Gasteiger partial charge in [-0.3, -0.25) is 0 Å². The number of benzene rings is 1. The summed E-state index contributed by atoms with van der Waals surface area (Å²) in [5, 5.41) is 0. The van der Waals surface area contributed by atoms with Crippen LogP contribution in [0.25, 0.3) is 11.0 Å². The Morgan fingerprint density at radius 2 is 2.12 bits per heavy atom. The largest absolute Gasteiger partial charge is 0.342 e. The highest BCUT2D eigenvalue weighted by molar-refractivity contribution is 5.78. The fourth-order valence-electron chi connectivity index (χ4n) is 2.90. The van der Waals surface area contributed by atoms with Crippen LogP contribution in [0.5, 0.6) is 0 Å². The molecule has 3 N–H and O–H groups in total. The molecule has 0 saturated heterocycles. The Labute approximate surface area is 101 Å². The average Bonchev–Trinajstić information content (AvgIpc) is 2.86. The molecule has 0 atom stereocenters. The zero-order valence-electron chi connectivity index (χ0n) is 10.3. The van der Waals surface area contributed by atoms with E-state index in [1.165, 1.54) is 18.4 Å². The maximum absolute atomic E-state index is 6.39. The fraction of sp³-hybridized carbons (Fsp3) is 0.500. The molecule has 17 heavy (non-hydrogen) atoms. The molecule has 1 fully saturated rings. The lowest BCUT2D eigenvalue weighted by molar-refractivity contribution is 0.428. The Morgan fingerprint density at radius 1 is 1.35 bits per heavy atom. The number of imidazole rings is 1. The van der Waals surface area contributed by atoms with E-state index >= 15 is 0 Å². The highest BCUT2D eigenvalue weighted by Crippen LogP contribution is 2.30. The van der Waals surface area contributed by atoms with Gasteiger partial charge in [-0.25, -0.2) is 4.98 Å². The number of nitrogens with two attached hydrogens (primary N) is 1. The fourth-order valence-corrected chi connectivity index (χ4v) is 2.90. The minimum absolute atomic E-state index is 0.0260. The molecular formula is C14H19N3. The van der Waals surface area contributed by atoms with Crippen LogP contribution in [0.4, 0.5) is 0 Å². The third-order valence-electron chi connectivity index (χ3n) is 3.88. The Hall–Kier alpha value is -1.35. The van der Waals surface area contributed by atoms with Crippen LogP contribution in [-0.2, 0) is 6.42 Å². The number of H-pyrrole nitrogens is 1. The van der Waals surface area contributed by atoms with Crippen molar-refractivity contribution in [3.8, 4) is 0 Å². The summed E-state index contributed by atoms with van der Waals surface area (Å²) in [5.74, 6) is 1.04. The van der Waals surface area contributed by atoms with E-state index in [1.807, 2.05) is 0 Å². The predicted molar refractivity (Wildman–Crippen MR) is 69.9 cm³/mol. The van der Waals surface area contributed by atoms with Crippen molar-refractivity contribution in [3.05, 3.63) is 29.6 Å². The molecule has 3 heteroatoms. The first kappa shape index (κ1) is 10.8. The van der Waals surface area contributed by atoms with Crippen molar-refractivity contribution < 1.29 is 0 Å². The van der Waals surface area contributed by atoms with Gasteiger partial charge in [0.05, 0.1) is 11.0 Å². The summed E-state index contributed by atoms with van der Waals surface area (Å²) >= 11 is 0. The molecule has 0 bridgehead atoms. The van der Waals surface area contributed by atoms with E-state index in [4.69, 9.17) is 5.73 Å². The highest BCUT2D eigenvalue weighted by Gasteiger charge is 2.30. The maximum Gasteiger partial charge on any atom is 0.109 e. The Bertz CT molecular complexity index is 535. The van der Waals surface area contributed by atoms with Gasteiger partial charge in [0.2, 0.25) is 0 Å². The summed E-state index contributed by atoms with van der Waals surface area (Å²) in [4.78, 5) is 8.08. The number of hydrogen-bond donors (Lipinski definition) is 2. The lowest BCUT2D eigenvalue weighted by atomic mass is 9.94. The number of aromatic amines is 1. The van der Waals surface area contributed by atoms with Gasteiger partial charge in [0, 0.05) is 12.0 Å². The van der Waals surface area contributed by atoms with E-state index < -0.39 is 0 Å². The Kier molecular flexibility index (Phi) is 2.44. The number of para-hydroxylation sites is 1. The summed E-state index contributed by atoms with van der Waals surface area (Å²) in [5.41, 5.74) is 9.80. The second kappa shape index (κ2) is 3.84. The third-order valence-corrected chi connectivity index (χ3v) is 3.88. The monoisotopic (exact) mass is 229 g/mol. The van der Waals surface area contributed by atoms with E-state index in [-0.39, 0.29) is 5.54 Å². The SMILES string of the molecule is Cc1cccc2[nH]c(CC3(N)CCCC3)nc12. The van der Waals surface area contributed by atoms with E-state index in [2.05, 4.69) is 35.1 Å². The van der Waals surface area contributed by atoms with Crippen molar-refractivity contribution in [2.24, 2.45) is 5.73 Å². The number of fused-ring (bicyclic) bond motifs is 1. The minimum Gasteiger partial charge on any atom is -0.342 e. The van der Waals surface area contributed by atoms with E-state index in [1.54, 1.807) is 0 Å². The predicted octanol–water partition coefficient (Wildman–Crippen LogP) is 2.69. The van der Waals surface area contributed by atoms with Crippen molar-refractivity contribution in [1.82, 2.24) is 9.97 Å². The van der Waals surface area contributed by atoms with Crippen molar-refractivity contribution in [3.63, 3.8) is 0 Å². The molecule has 0 spiro atoms. The average molecular weight is 229 g/mol. The van der Waals surface area contributed by atoms with Gasteiger partial charge in [0.15, 0.2) is 0 Å². The third kappa shape index (κ3) is 1.95. The summed E-state index contributed by atoms with van der Waals surface area (Å²) in [6.07, 6.45) is 5.65. The molecule has 1 aliphatic carbocycles. The molecule has 90 valence electrons. The Morgan fingerprint density at radius 3 is 2.82 bits per heavy atom. The van der Waals surface area contributed by atoms with Crippen LogP contribution >= 0.6 is 0 Å². The van der Waals surface area contributed by atoms with Crippen molar-refractivity contribution in [2.45, 2.75) is 44.6 Å². The van der Waals surface area contributed by atoms with Gasteiger partial charge in [-0.15, -0.1) is 0 Å². The van der Waals surface area contributed by atoms with Gasteiger partial charge in [-0.2, -0.15) is 0 Å². The van der Waals surface area contributed by atoms with Crippen LogP contribution in [0.15, 0.2) is 18.2 Å². The molecule has 3 nitrogen and oxygen atoms in total. The lowest BCUT2D eigenvalue weighted by Crippen LogP contribution is -2.39. The van der Waals surface area contributed by atoms with Crippen LogP contribution in [0.3, 0.4) is 0 Å². The molecule has 0 aliphatic heterocycles. The van der Waals surface area contributed by atoms with E-state index in [0.717, 1.165) is 36.1 Å². The second-order valence-electron chi connectivity index (χ2n) is 5.40. The lowest BCUT2D eigenvalue weighted by Gasteiger charge is -2.21. The second-order valence-corrected chi connectivity index (χ2v) is 5.40. The van der Waals surface area contributed by atoms with Gasteiger partial charge in [-0.05, 0) is 31.4 Å². The quantitative estimate of drug-likeness (QED) is 0.831. The zero-order chi connectivity index (χ0) is 11.9. The van der Waals surface area contributed by atoms with Crippen LogP contribution in [0.1, 0.15) is 37.1 Å². The van der Waals surface area contributed by atoms with Gasteiger partial charge >= 0.3 is 0 Å². The molecule has 3 rings (SSSR count). The summed E-state index contributed by atoms with van der Waals surface area (Å²) < 4.78 is 0. The molecule has 2 aromatic rings. The van der Waals surface area contributed by atoms with Crippen molar-refractivity contribution >= 4 is 11.0 Å². The summed E-state index contributed by atoms with van der Waals surface area (Å²) in [6, 6.07) is 6.24. The molecule has 1 aromatic carbocycles. The summed E-state index contributed by atoms with van der Waals surface area (Å²) in [7, 11) is 0. The normalized spacial score (nSPS) is 18.9. The van der Waals surface area contributed by atoms with Gasteiger partial charge < -0.3 is 10.7 Å².